The third-order valence-corrected chi connectivity index (χ3v) is 5.64. The number of amides is 1. The van der Waals surface area contributed by atoms with Gasteiger partial charge in [-0.1, -0.05) is 12.1 Å². The molecule has 0 radical (unpaired) electrons. The highest BCUT2D eigenvalue weighted by Gasteiger charge is 2.19. The van der Waals surface area contributed by atoms with Gasteiger partial charge in [0.2, 0.25) is 0 Å². The number of benzene rings is 2. The van der Waals surface area contributed by atoms with Gasteiger partial charge in [-0.15, -0.1) is 0 Å². The van der Waals surface area contributed by atoms with Gasteiger partial charge >= 0.3 is 0 Å². The maximum absolute atomic E-state index is 13.8. The number of hydrogen-bond donors (Lipinski definition) is 1. The number of ether oxygens (including phenoxy) is 2. The summed E-state index contributed by atoms with van der Waals surface area (Å²) in [6.07, 6.45) is 1.60. The molecule has 1 saturated heterocycles. The minimum Gasteiger partial charge on any atom is -0.497 e. The first kappa shape index (κ1) is 22.5. The Morgan fingerprint density at radius 2 is 1.70 bits per heavy atom. The summed E-state index contributed by atoms with van der Waals surface area (Å²) < 4.78 is 24.5. The van der Waals surface area contributed by atoms with E-state index in [-0.39, 0.29) is 5.56 Å². The van der Waals surface area contributed by atoms with Crippen molar-refractivity contribution in [1.29, 1.82) is 0 Å². The lowest BCUT2D eigenvalue weighted by molar-refractivity contribution is 0.102. The van der Waals surface area contributed by atoms with E-state index in [4.69, 9.17) is 9.47 Å². The van der Waals surface area contributed by atoms with E-state index in [1.54, 1.807) is 38.6 Å². The maximum atomic E-state index is 13.8. The van der Waals surface area contributed by atoms with Crippen LogP contribution in [0.1, 0.15) is 15.9 Å². The number of carbonyl (C=O) groups is 1. The fraction of sp³-hybridized carbons (Fsp3) is 0.280. The van der Waals surface area contributed by atoms with Crippen molar-refractivity contribution in [1.82, 2.24) is 9.88 Å². The van der Waals surface area contributed by atoms with Gasteiger partial charge < -0.3 is 19.7 Å². The molecule has 8 heteroatoms. The molecule has 33 heavy (non-hydrogen) atoms. The van der Waals surface area contributed by atoms with E-state index in [9.17, 15) is 9.18 Å². The molecular weight excluding hydrogens is 423 g/mol. The number of hydrogen-bond acceptors (Lipinski definition) is 6. The van der Waals surface area contributed by atoms with Crippen LogP contribution in [-0.2, 0) is 6.54 Å². The maximum Gasteiger partial charge on any atom is 0.258 e. The molecule has 1 aliphatic heterocycles. The van der Waals surface area contributed by atoms with E-state index in [1.807, 2.05) is 24.3 Å². The standard InChI is InChI=1S/C25H27FN4O3/c1-32-20-13-18(14-21(15-20)33-2)17-29-9-11-30(12-10-29)24-8-7-19(16-27-24)28-25(31)22-5-3-4-6-23(22)26/h3-8,13-16H,9-12,17H2,1-2H3,(H,28,31). The molecule has 0 aliphatic carbocycles. The second-order valence-corrected chi connectivity index (χ2v) is 7.82. The van der Waals surface area contributed by atoms with Gasteiger partial charge in [-0.25, -0.2) is 9.37 Å². The lowest BCUT2D eigenvalue weighted by Gasteiger charge is -2.35. The molecule has 0 atom stereocenters. The predicted octanol–water partition coefficient (Wildman–Crippen LogP) is 3.81. The average Bonchev–Trinajstić information content (AvgIpc) is 2.85. The third kappa shape index (κ3) is 5.59. The van der Waals surface area contributed by atoms with Crippen LogP contribution in [0.15, 0.2) is 60.8 Å². The number of nitrogens with one attached hydrogen (secondary N) is 1. The molecule has 4 rings (SSSR count). The molecule has 7 nitrogen and oxygen atoms in total. The van der Waals surface area contributed by atoms with Gasteiger partial charge in [-0.05, 0) is 42.0 Å². The topological polar surface area (TPSA) is 66.9 Å². The van der Waals surface area contributed by atoms with E-state index in [1.165, 1.54) is 12.1 Å². The Morgan fingerprint density at radius 3 is 2.30 bits per heavy atom. The Balaban J connectivity index is 1.32. The quantitative estimate of drug-likeness (QED) is 0.591. The number of carbonyl (C=O) groups excluding carboxylic acids is 1. The summed E-state index contributed by atoms with van der Waals surface area (Å²) in [5, 5.41) is 2.69. The van der Waals surface area contributed by atoms with Gasteiger partial charge in [-0.3, -0.25) is 9.69 Å². The Labute approximate surface area is 192 Å². The van der Waals surface area contributed by atoms with Crippen LogP contribution in [0.25, 0.3) is 0 Å². The van der Waals surface area contributed by atoms with Crippen molar-refractivity contribution in [2.45, 2.75) is 6.54 Å². The predicted molar refractivity (Wildman–Crippen MR) is 126 cm³/mol. The number of piperazine rings is 1. The molecule has 172 valence electrons. The molecule has 2 aromatic carbocycles. The van der Waals surface area contributed by atoms with Crippen LogP contribution in [0.5, 0.6) is 11.5 Å². The number of nitrogens with zero attached hydrogens (tertiary/aromatic N) is 3. The minimum absolute atomic E-state index is 0.00588. The van der Waals surface area contributed by atoms with Gasteiger partial charge in [-0.2, -0.15) is 0 Å². The highest BCUT2D eigenvalue weighted by atomic mass is 19.1. The summed E-state index contributed by atoms with van der Waals surface area (Å²) >= 11 is 0. The lowest BCUT2D eigenvalue weighted by atomic mass is 10.1. The molecule has 1 aromatic heterocycles. The van der Waals surface area contributed by atoms with E-state index in [0.717, 1.165) is 55.6 Å². The van der Waals surface area contributed by atoms with Crippen molar-refractivity contribution in [3.63, 3.8) is 0 Å². The second kappa shape index (κ2) is 10.3. The number of pyridine rings is 1. The molecule has 0 saturated carbocycles. The van der Waals surface area contributed by atoms with Crippen LogP contribution >= 0.6 is 0 Å². The number of methoxy groups -OCH3 is 2. The van der Waals surface area contributed by atoms with E-state index in [2.05, 4.69) is 20.1 Å². The van der Waals surface area contributed by atoms with Crippen molar-refractivity contribution in [2.75, 3.05) is 50.6 Å². The van der Waals surface area contributed by atoms with Gasteiger partial charge in [0, 0.05) is 38.8 Å². The van der Waals surface area contributed by atoms with Crippen molar-refractivity contribution in [2.24, 2.45) is 0 Å². The van der Waals surface area contributed by atoms with Crippen LogP contribution in [0, 0.1) is 5.82 Å². The van der Waals surface area contributed by atoms with Crippen molar-refractivity contribution >= 4 is 17.4 Å². The molecule has 3 aromatic rings. The van der Waals surface area contributed by atoms with Crippen molar-refractivity contribution < 1.29 is 18.7 Å². The largest absolute Gasteiger partial charge is 0.497 e. The number of halogens is 1. The Hall–Kier alpha value is -3.65. The number of anilines is 2. The SMILES string of the molecule is COc1cc(CN2CCN(c3ccc(NC(=O)c4ccccc4F)cn3)CC2)cc(OC)c1. The van der Waals surface area contributed by atoms with Gasteiger partial charge in [0.05, 0.1) is 31.7 Å². The smallest absolute Gasteiger partial charge is 0.258 e. The first-order valence-corrected chi connectivity index (χ1v) is 10.8. The summed E-state index contributed by atoms with van der Waals surface area (Å²) in [7, 11) is 3.31. The summed E-state index contributed by atoms with van der Waals surface area (Å²) in [6, 6.07) is 15.5. The molecule has 1 aliphatic rings. The monoisotopic (exact) mass is 450 g/mol. The fourth-order valence-electron chi connectivity index (χ4n) is 3.84. The van der Waals surface area contributed by atoms with Gasteiger partial charge in [0.25, 0.3) is 5.91 Å². The lowest BCUT2D eigenvalue weighted by Crippen LogP contribution is -2.46. The van der Waals surface area contributed by atoms with Crippen LogP contribution in [0.4, 0.5) is 15.9 Å². The summed E-state index contributed by atoms with van der Waals surface area (Å²) in [5.41, 5.74) is 1.68. The summed E-state index contributed by atoms with van der Waals surface area (Å²) in [5.74, 6) is 1.38. The van der Waals surface area contributed by atoms with Crippen LogP contribution < -0.4 is 19.7 Å². The average molecular weight is 451 g/mol. The zero-order chi connectivity index (χ0) is 23.2. The first-order chi connectivity index (χ1) is 16.1. The summed E-state index contributed by atoms with van der Waals surface area (Å²) in [4.78, 5) is 21.4. The molecule has 1 amide bonds. The normalized spacial score (nSPS) is 14.1. The molecule has 0 spiro atoms. The zero-order valence-corrected chi connectivity index (χ0v) is 18.8. The van der Waals surface area contributed by atoms with Gasteiger partial charge in [0.15, 0.2) is 0 Å². The fourth-order valence-corrected chi connectivity index (χ4v) is 3.84. The molecule has 0 unspecified atom stereocenters. The highest BCUT2D eigenvalue weighted by Crippen LogP contribution is 2.24. The van der Waals surface area contributed by atoms with E-state index in [0.29, 0.717) is 5.69 Å². The van der Waals surface area contributed by atoms with Crippen molar-refractivity contribution in [3.05, 3.63) is 77.7 Å². The third-order valence-electron chi connectivity index (χ3n) is 5.64. The minimum atomic E-state index is -0.551. The number of aromatic nitrogens is 1. The zero-order valence-electron chi connectivity index (χ0n) is 18.8. The van der Waals surface area contributed by atoms with Crippen LogP contribution in [0.2, 0.25) is 0 Å². The molecule has 1 N–H and O–H groups in total. The first-order valence-electron chi connectivity index (χ1n) is 10.8. The van der Waals surface area contributed by atoms with E-state index >= 15 is 0 Å². The second-order valence-electron chi connectivity index (χ2n) is 7.82. The van der Waals surface area contributed by atoms with E-state index < -0.39 is 11.7 Å². The Bertz CT molecular complexity index is 1080. The summed E-state index contributed by atoms with van der Waals surface area (Å²) in [6.45, 7) is 4.29. The highest BCUT2D eigenvalue weighted by molar-refractivity contribution is 6.04. The molecule has 1 fully saturated rings. The van der Waals surface area contributed by atoms with Crippen molar-refractivity contribution in [3.8, 4) is 11.5 Å². The Kier molecular flexibility index (Phi) is 7.04. The molecule has 0 bridgehead atoms. The Morgan fingerprint density at radius 1 is 1.00 bits per heavy atom. The molecular formula is C25H27FN4O3. The van der Waals surface area contributed by atoms with Crippen LogP contribution in [0.3, 0.4) is 0 Å². The van der Waals surface area contributed by atoms with Gasteiger partial charge in [0.1, 0.15) is 23.1 Å². The molecule has 2 heterocycles. The van der Waals surface area contributed by atoms with Crippen LogP contribution in [-0.4, -0.2) is 56.2 Å². The number of rotatable bonds is 7.